The molecule has 1 saturated heterocycles. The second-order valence-corrected chi connectivity index (χ2v) is 6.09. The summed E-state index contributed by atoms with van der Waals surface area (Å²) >= 11 is 0. The van der Waals surface area contributed by atoms with Crippen molar-refractivity contribution >= 4 is 23.4 Å². The maximum absolute atomic E-state index is 12.0. The van der Waals surface area contributed by atoms with Crippen LogP contribution in [0, 0.1) is 5.92 Å². The van der Waals surface area contributed by atoms with Crippen LogP contribution in [0.4, 0.5) is 5.69 Å². The van der Waals surface area contributed by atoms with E-state index in [1.54, 1.807) is 0 Å². The Morgan fingerprint density at radius 2 is 1.83 bits per heavy atom. The summed E-state index contributed by atoms with van der Waals surface area (Å²) < 4.78 is 0. The van der Waals surface area contributed by atoms with Crippen LogP contribution in [-0.2, 0) is 20.9 Å². The van der Waals surface area contributed by atoms with Gasteiger partial charge in [0.2, 0.25) is 17.7 Å². The van der Waals surface area contributed by atoms with Crippen molar-refractivity contribution < 1.29 is 14.4 Å². The largest absolute Gasteiger partial charge is 0.326 e. The Labute approximate surface area is 135 Å². The van der Waals surface area contributed by atoms with Gasteiger partial charge in [0.15, 0.2) is 0 Å². The molecule has 3 rings (SSSR count). The highest BCUT2D eigenvalue weighted by Gasteiger charge is 2.28. The third kappa shape index (κ3) is 3.86. The van der Waals surface area contributed by atoms with Crippen molar-refractivity contribution in [3.8, 4) is 0 Å². The maximum atomic E-state index is 12.0. The Morgan fingerprint density at radius 1 is 1.13 bits per heavy atom. The van der Waals surface area contributed by atoms with Gasteiger partial charge >= 0.3 is 0 Å². The van der Waals surface area contributed by atoms with Gasteiger partial charge in [-0.3, -0.25) is 19.3 Å². The SMILES string of the molecule is O=C(C[C@@H]1C=CCC1)Nc1ccc(CN2C(=O)CCC2=O)cc1. The highest BCUT2D eigenvalue weighted by Crippen LogP contribution is 2.21. The molecule has 0 unspecified atom stereocenters. The highest BCUT2D eigenvalue weighted by molar-refractivity contribution is 6.01. The molecule has 23 heavy (non-hydrogen) atoms. The zero-order valence-corrected chi connectivity index (χ0v) is 13.0. The van der Waals surface area contributed by atoms with Gasteiger partial charge in [0.1, 0.15) is 0 Å². The lowest BCUT2D eigenvalue weighted by atomic mass is 10.0. The number of carbonyl (C=O) groups is 3. The molecule has 1 aromatic rings. The predicted molar refractivity (Wildman–Crippen MR) is 86.3 cm³/mol. The van der Waals surface area contributed by atoms with Crippen molar-refractivity contribution in [1.29, 1.82) is 0 Å². The molecule has 2 aliphatic rings. The molecule has 1 atom stereocenters. The Kier molecular flexibility index (Phi) is 4.55. The number of amides is 3. The number of imide groups is 1. The molecule has 0 radical (unpaired) electrons. The third-order valence-electron chi connectivity index (χ3n) is 4.29. The number of hydrogen-bond donors (Lipinski definition) is 1. The predicted octanol–water partition coefficient (Wildman–Crippen LogP) is 2.63. The van der Waals surface area contributed by atoms with Crippen molar-refractivity contribution in [1.82, 2.24) is 4.90 Å². The fourth-order valence-electron chi connectivity index (χ4n) is 2.99. The van der Waals surface area contributed by atoms with Crippen molar-refractivity contribution in [2.24, 2.45) is 5.92 Å². The number of rotatable bonds is 5. The van der Waals surface area contributed by atoms with Crippen LogP contribution in [0.1, 0.15) is 37.7 Å². The molecular formula is C18H20N2O3. The summed E-state index contributed by atoms with van der Waals surface area (Å²) in [6.07, 6.45) is 7.45. The van der Waals surface area contributed by atoms with Gasteiger partial charge in [0.05, 0.1) is 6.54 Å². The first kappa shape index (κ1) is 15.5. The van der Waals surface area contributed by atoms with Crippen LogP contribution in [0.3, 0.4) is 0 Å². The van der Waals surface area contributed by atoms with Gasteiger partial charge < -0.3 is 5.32 Å². The van der Waals surface area contributed by atoms with Crippen LogP contribution in [0.25, 0.3) is 0 Å². The zero-order valence-electron chi connectivity index (χ0n) is 13.0. The Hall–Kier alpha value is -2.43. The monoisotopic (exact) mass is 312 g/mol. The Balaban J connectivity index is 1.54. The topological polar surface area (TPSA) is 66.5 Å². The van der Waals surface area contributed by atoms with E-state index in [4.69, 9.17) is 0 Å². The number of allylic oxidation sites excluding steroid dienone is 2. The maximum Gasteiger partial charge on any atom is 0.229 e. The van der Waals surface area contributed by atoms with Crippen LogP contribution in [0.2, 0.25) is 0 Å². The molecule has 0 aromatic heterocycles. The van der Waals surface area contributed by atoms with Crippen molar-refractivity contribution in [2.75, 3.05) is 5.32 Å². The van der Waals surface area contributed by atoms with Gasteiger partial charge in [-0.05, 0) is 36.5 Å². The summed E-state index contributed by atoms with van der Waals surface area (Å²) in [5, 5.41) is 2.89. The van der Waals surface area contributed by atoms with Gasteiger partial charge in [0, 0.05) is 24.9 Å². The molecule has 1 aromatic carbocycles. The van der Waals surface area contributed by atoms with Crippen LogP contribution in [-0.4, -0.2) is 22.6 Å². The molecule has 1 fully saturated rings. The van der Waals surface area contributed by atoms with Gasteiger partial charge in [-0.25, -0.2) is 0 Å². The molecule has 3 amide bonds. The van der Waals surface area contributed by atoms with Crippen molar-refractivity contribution in [3.05, 3.63) is 42.0 Å². The lowest BCUT2D eigenvalue weighted by Crippen LogP contribution is -2.28. The van der Waals surface area contributed by atoms with E-state index in [1.807, 2.05) is 24.3 Å². The Bertz CT molecular complexity index is 633. The first-order chi connectivity index (χ1) is 11.1. The van der Waals surface area contributed by atoms with E-state index in [0.29, 0.717) is 31.7 Å². The minimum absolute atomic E-state index is 0.0131. The van der Waals surface area contributed by atoms with E-state index >= 15 is 0 Å². The summed E-state index contributed by atoms with van der Waals surface area (Å²) in [5.41, 5.74) is 1.62. The zero-order chi connectivity index (χ0) is 16.2. The van der Waals surface area contributed by atoms with E-state index in [2.05, 4.69) is 17.5 Å². The molecule has 0 spiro atoms. The molecule has 0 bridgehead atoms. The molecule has 1 N–H and O–H groups in total. The van der Waals surface area contributed by atoms with Crippen LogP contribution >= 0.6 is 0 Å². The number of nitrogens with one attached hydrogen (secondary N) is 1. The van der Waals surface area contributed by atoms with Crippen LogP contribution in [0.15, 0.2) is 36.4 Å². The smallest absolute Gasteiger partial charge is 0.229 e. The normalized spacial score (nSPS) is 20.3. The fraction of sp³-hybridized carbons (Fsp3) is 0.389. The van der Waals surface area contributed by atoms with E-state index < -0.39 is 0 Å². The summed E-state index contributed by atoms with van der Waals surface area (Å²) in [4.78, 5) is 36.5. The summed E-state index contributed by atoms with van der Waals surface area (Å²) in [5.74, 6) is 0.134. The van der Waals surface area contributed by atoms with Crippen LogP contribution in [0.5, 0.6) is 0 Å². The molecular weight excluding hydrogens is 292 g/mol. The molecule has 0 saturated carbocycles. The standard InChI is InChI=1S/C18H20N2O3/c21-16(11-13-3-1-2-4-13)19-15-7-5-14(6-8-15)12-20-17(22)9-10-18(20)23/h1,3,5-8,13H,2,4,9-12H2,(H,19,21)/t13-/m1/s1. The quantitative estimate of drug-likeness (QED) is 0.671. The van der Waals surface area contributed by atoms with Gasteiger partial charge in [-0.1, -0.05) is 24.3 Å². The molecule has 5 heteroatoms. The Morgan fingerprint density at radius 3 is 2.43 bits per heavy atom. The van der Waals surface area contributed by atoms with E-state index in [-0.39, 0.29) is 17.7 Å². The fourth-order valence-corrected chi connectivity index (χ4v) is 2.99. The minimum atomic E-state index is -0.114. The van der Waals surface area contributed by atoms with E-state index in [9.17, 15) is 14.4 Å². The first-order valence-corrected chi connectivity index (χ1v) is 8.00. The second kappa shape index (κ2) is 6.77. The molecule has 1 heterocycles. The average Bonchev–Trinajstić information content (AvgIpc) is 3.14. The number of carbonyl (C=O) groups excluding carboxylic acids is 3. The third-order valence-corrected chi connectivity index (χ3v) is 4.29. The van der Waals surface area contributed by atoms with Crippen LogP contribution < -0.4 is 5.32 Å². The van der Waals surface area contributed by atoms with Gasteiger partial charge in [-0.2, -0.15) is 0 Å². The van der Waals surface area contributed by atoms with Crippen molar-refractivity contribution in [2.45, 2.75) is 38.6 Å². The summed E-state index contributed by atoms with van der Waals surface area (Å²) in [7, 11) is 0. The highest BCUT2D eigenvalue weighted by atomic mass is 16.2. The number of nitrogens with zero attached hydrogens (tertiary/aromatic N) is 1. The molecule has 1 aliphatic carbocycles. The first-order valence-electron chi connectivity index (χ1n) is 8.00. The van der Waals surface area contributed by atoms with E-state index in [0.717, 1.165) is 24.1 Å². The van der Waals surface area contributed by atoms with Crippen molar-refractivity contribution in [3.63, 3.8) is 0 Å². The molecule has 120 valence electrons. The number of hydrogen-bond acceptors (Lipinski definition) is 3. The molecule has 1 aliphatic heterocycles. The van der Waals surface area contributed by atoms with Gasteiger partial charge in [0.25, 0.3) is 0 Å². The number of likely N-dealkylation sites (tertiary alicyclic amines) is 1. The lowest BCUT2D eigenvalue weighted by molar-refractivity contribution is -0.139. The van der Waals surface area contributed by atoms with Gasteiger partial charge in [-0.15, -0.1) is 0 Å². The molecule has 5 nitrogen and oxygen atoms in total. The second-order valence-electron chi connectivity index (χ2n) is 6.09. The van der Waals surface area contributed by atoms with E-state index in [1.165, 1.54) is 4.90 Å². The summed E-state index contributed by atoms with van der Waals surface area (Å²) in [6, 6.07) is 7.29. The number of benzene rings is 1. The minimum Gasteiger partial charge on any atom is -0.326 e. The summed E-state index contributed by atoms with van der Waals surface area (Å²) in [6.45, 7) is 0.304. The average molecular weight is 312 g/mol. The number of anilines is 1. The lowest BCUT2D eigenvalue weighted by Gasteiger charge is -2.14.